The fraction of sp³-hybridized carbons (Fsp3) is 0.238. The molecule has 28 heavy (non-hydrogen) atoms. The molecule has 4 rings (SSSR count). The van der Waals surface area contributed by atoms with Crippen LogP contribution in [0, 0.1) is 0 Å². The Bertz CT molecular complexity index is 1180. The van der Waals surface area contributed by atoms with Crippen molar-refractivity contribution in [3.8, 4) is 17.0 Å². The Morgan fingerprint density at radius 2 is 2.04 bits per heavy atom. The molecule has 0 bridgehead atoms. The van der Waals surface area contributed by atoms with E-state index >= 15 is 0 Å². The van der Waals surface area contributed by atoms with E-state index in [2.05, 4.69) is 34.9 Å². The van der Waals surface area contributed by atoms with E-state index in [0.717, 1.165) is 11.3 Å². The summed E-state index contributed by atoms with van der Waals surface area (Å²) in [5, 5.41) is 0. The van der Waals surface area contributed by atoms with Crippen LogP contribution in [0.1, 0.15) is 31.0 Å². The van der Waals surface area contributed by atoms with Gasteiger partial charge in [0.1, 0.15) is 5.75 Å². The number of pyridine rings is 1. The van der Waals surface area contributed by atoms with Crippen LogP contribution in [-0.2, 0) is 6.54 Å². The molecule has 7 heteroatoms. The molecule has 0 aliphatic rings. The number of fused-ring (bicyclic) bond motifs is 1. The Hall–Kier alpha value is -3.48. The van der Waals surface area contributed by atoms with Gasteiger partial charge in [-0.1, -0.05) is 26.0 Å². The number of rotatable bonds is 5. The van der Waals surface area contributed by atoms with Crippen LogP contribution in [-0.4, -0.2) is 31.6 Å². The summed E-state index contributed by atoms with van der Waals surface area (Å²) in [6.07, 6.45) is 3.36. The van der Waals surface area contributed by atoms with Gasteiger partial charge in [0.25, 0.3) is 0 Å². The number of methoxy groups -OCH3 is 1. The minimum absolute atomic E-state index is 0.263. The van der Waals surface area contributed by atoms with E-state index in [-0.39, 0.29) is 5.69 Å². The third-order valence-electron chi connectivity index (χ3n) is 4.69. The molecule has 0 saturated carbocycles. The van der Waals surface area contributed by atoms with Crippen molar-refractivity contribution >= 4 is 11.3 Å². The smallest absolute Gasteiger partial charge is 0.329 e. The van der Waals surface area contributed by atoms with Crippen LogP contribution in [0.5, 0.6) is 5.75 Å². The summed E-state index contributed by atoms with van der Waals surface area (Å²) in [5.74, 6) is 1.09. The minimum atomic E-state index is -0.263. The predicted molar refractivity (Wildman–Crippen MR) is 108 cm³/mol. The molecule has 1 aromatic carbocycles. The van der Waals surface area contributed by atoms with Crippen molar-refractivity contribution in [1.82, 2.24) is 24.5 Å². The van der Waals surface area contributed by atoms with E-state index in [1.807, 2.05) is 30.3 Å². The first-order valence-electron chi connectivity index (χ1n) is 9.10. The molecule has 0 atom stereocenters. The number of H-pyrrole nitrogens is 1. The van der Waals surface area contributed by atoms with Gasteiger partial charge in [-0.3, -0.25) is 14.5 Å². The SMILES string of the molecule is COc1ccc(C(C)C)cc1-c1cnc2[nH]c(=O)n(Cc3ccccn3)c2n1. The van der Waals surface area contributed by atoms with E-state index in [9.17, 15) is 4.79 Å². The fourth-order valence-electron chi connectivity index (χ4n) is 3.14. The van der Waals surface area contributed by atoms with Gasteiger partial charge in [-0.25, -0.2) is 14.8 Å². The summed E-state index contributed by atoms with van der Waals surface area (Å²) >= 11 is 0. The van der Waals surface area contributed by atoms with Crippen molar-refractivity contribution in [3.05, 3.63) is 70.5 Å². The second-order valence-electron chi connectivity index (χ2n) is 6.88. The molecular weight excluding hydrogens is 354 g/mol. The van der Waals surface area contributed by atoms with Crippen molar-refractivity contribution in [2.24, 2.45) is 0 Å². The molecule has 0 aliphatic heterocycles. The highest BCUT2D eigenvalue weighted by Gasteiger charge is 2.15. The van der Waals surface area contributed by atoms with Crippen LogP contribution >= 0.6 is 0 Å². The largest absolute Gasteiger partial charge is 0.496 e. The Morgan fingerprint density at radius 1 is 1.18 bits per heavy atom. The van der Waals surface area contributed by atoms with Gasteiger partial charge >= 0.3 is 5.69 Å². The van der Waals surface area contributed by atoms with Crippen molar-refractivity contribution in [1.29, 1.82) is 0 Å². The molecule has 0 unspecified atom stereocenters. The van der Waals surface area contributed by atoms with Gasteiger partial charge in [0.05, 0.1) is 31.2 Å². The standard InChI is InChI=1S/C21H21N5O2/c1-13(2)14-7-8-18(28-3)16(10-14)17-11-23-19-20(24-17)26(21(27)25-19)12-15-6-4-5-9-22-15/h4-11,13H,12H2,1-3H3,(H,23,25,27). The molecule has 0 fully saturated rings. The maximum Gasteiger partial charge on any atom is 0.329 e. The number of aromatic nitrogens is 5. The van der Waals surface area contributed by atoms with Crippen molar-refractivity contribution < 1.29 is 4.74 Å². The van der Waals surface area contributed by atoms with Gasteiger partial charge < -0.3 is 4.74 Å². The Kier molecular flexibility index (Phi) is 4.65. The summed E-state index contributed by atoms with van der Waals surface area (Å²) in [6.45, 7) is 4.59. The number of ether oxygens (including phenoxy) is 1. The number of hydrogen-bond acceptors (Lipinski definition) is 5. The zero-order valence-corrected chi connectivity index (χ0v) is 16.0. The highest BCUT2D eigenvalue weighted by molar-refractivity contribution is 5.74. The van der Waals surface area contributed by atoms with Gasteiger partial charge in [-0.15, -0.1) is 0 Å². The van der Waals surface area contributed by atoms with E-state index in [0.29, 0.717) is 35.2 Å². The molecule has 0 spiro atoms. The Labute approximate surface area is 162 Å². The van der Waals surface area contributed by atoms with Crippen LogP contribution in [0.3, 0.4) is 0 Å². The summed E-state index contributed by atoms with van der Waals surface area (Å²) in [7, 11) is 1.63. The molecule has 0 amide bonds. The van der Waals surface area contributed by atoms with Crippen LogP contribution in [0.15, 0.2) is 53.6 Å². The monoisotopic (exact) mass is 375 g/mol. The first-order valence-corrected chi connectivity index (χ1v) is 9.10. The first-order chi connectivity index (χ1) is 13.6. The number of imidazole rings is 1. The molecule has 0 saturated heterocycles. The number of benzene rings is 1. The van der Waals surface area contributed by atoms with Crippen LogP contribution in [0.25, 0.3) is 22.6 Å². The zero-order valence-electron chi connectivity index (χ0n) is 16.0. The predicted octanol–water partition coefficient (Wildman–Crippen LogP) is 3.36. The average Bonchev–Trinajstić information content (AvgIpc) is 3.02. The number of nitrogens with zero attached hydrogens (tertiary/aromatic N) is 4. The van der Waals surface area contributed by atoms with E-state index in [1.165, 1.54) is 5.56 Å². The summed E-state index contributed by atoms with van der Waals surface area (Å²) in [6, 6.07) is 11.7. The Balaban J connectivity index is 1.85. The quantitative estimate of drug-likeness (QED) is 0.578. The van der Waals surface area contributed by atoms with E-state index in [4.69, 9.17) is 9.72 Å². The topological polar surface area (TPSA) is 85.7 Å². The minimum Gasteiger partial charge on any atom is -0.496 e. The number of hydrogen-bond donors (Lipinski definition) is 1. The first kappa shape index (κ1) is 17.9. The van der Waals surface area contributed by atoms with Crippen LogP contribution < -0.4 is 10.4 Å². The maximum atomic E-state index is 12.4. The second-order valence-corrected chi connectivity index (χ2v) is 6.88. The summed E-state index contributed by atoms with van der Waals surface area (Å²) < 4.78 is 7.07. The zero-order chi connectivity index (χ0) is 19.7. The molecule has 1 N–H and O–H groups in total. The van der Waals surface area contributed by atoms with Crippen molar-refractivity contribution in [2.75, 3.05) is 7.11 Å². The molecular formula is C21H21N5O2. The molecule has 4 aromatic rings. The molecule has 3 aromatic heterocycles. The third-order valence-corrected chi connectivity index (χ3v) is 4.69. The molecule has 7 nitrogen and oxygen atoms in total. The fourth-order valence-corrected chi connectivity index (χ4v) is 3.14. The third kappa shape index (κ3) is 3.26. The lowest BCUT2D eigenvalue weighted by Crippen LogP contribution is -2.18. The van der Waals surface area contributed by atoms with Gasteiger partial charge in [0.2, 0.25) is 0 Å². The van der Waals surface area contributed by atoms with E-state index < -0.39 is 0 Å². The van der Waals surface area contributed by atoms with Crippen LogP contribution in [0.4, 0.5) is 0 Å². The number of nitrogens with one attached hydrogen (secondary N) is 1. The van der Waals surface area contributed by atoms with Gasteiger partial charge in [-0.05, 0) is 35.7 Å². The summed E-state index contributed by atoms with van der Waals surface area (Å²) in [4.78, 5) is 28.6. The normalized spacial score (nSPS) is 11.3. The van der Waals surface area contributed by atoms with Gasteiger partial charge in [-0.2, -0.15) is 0 Å². The number of aromatic amines is 1. The van der Waals surface area contributed by atoms with E-state index in [1.54, 1.807) is 24.1 Å². The van der Waals surface area contributed by atoms with Crippen molar-refractivity contribution in [2.45, 2.75) is 26.3 Å². The molecule has 0 radical (unpaired) electrons. The molecule has 3 heterocycles. The van der Waals surface area contributed by atoms with Crippen molar-refractivity contribution in [3.63, 3.8) is 0 Å². The van der Waals surface area contributed by atoms with Crippen LogP contribution in [0.2, 0.25) is 0 Å². The lowest BCUT2D eigenvalue weighted by Gasteiger charge is -2.12. The highest BCUT2D eigenvalue weighted by Crippen LogP contribution is 2.32. The van der Waals surface area contributed by atoms with Gasteiger partial charge in [0, 0.05) is 11.8 Å². The highest BCUT2D eigenvalue weighted by atomic mass is 16.5. The molecule has 142 valence electrons. The second kappa shape index (κ2) is 7.26. The Morgan fingerprint density at radius 3 is 2.75 bits per heavy atom. The molecule has 0 aliphatic carbocycles. The maximum absolute atomic E-state index is 12.4. The lowest BCUT2D eigenvalue weighted by molar-refractivity contribution is 0.416. The average molecular weight is 375 g/mol. The summed E-state index contributed by atoms with van der Waals surface area (Å²) in [5.41, 5.74) is 4.13. The lowest BCUT2D eigenvalue weighted by atomic mass is 9.99. The van der Waals surface area contributed by atoms with Gasteiger partial charge in [0.15, 0.2) is 11.3 Å².